The van der Waals surface area contributed by atoms with Crippen LogP contribution in [0.4, 0.5) is 0 Å². The van der Waals surface area contributed by atoms with Crippen LogP contribution in [0.3, 0.4) is 0 Å². The first-order chi connectivity index (χ1) is 6.15. The van der Waals surface area contributed by atoms with E-state index in [0.29, 0.717) is 18.0 Å². The van der Waals surface area contributed by atoms with Crippen LogP contribution in [0.25, 0.3) is 0 Å². The SMILES string of the molecule is Oc1cc(Cl)c(CCNCl)cc1O. The molecule has 0 atom stereocenters. The number of phenols is 2. The number of hydrogen-bond acceptors (Lipinski definition) is 3. The first-order valence-corrected chi connectivity index (χ1v) is 4.44. The smallest absolute Gasteiger partial charge is 0.158 e. The van der Waals surface area contributed by atoms with Crippen LogP contribution in [0.5, 0.6) is 11.5 Å². The monoisotopic (exact) mass is 221 g/mol. The fourth-order valence-corrected chi connectivity index (χ4v) is 1.31. The second-order valence-corrected chi connectivity index (χ2v) is 3.24. The van der Waals surface area contributed by atoms with Crippen LogP contribution in [-0.4, -0.2) is 16.8 Å². The maximum absolute atomic E-state index is 9.16. The van der Waals surface area contributed by atoms with Crippen molar-refractivity contribution in [2.45, 2.75) is 6.42 Å². The van der Waals surface area contributed by atoms with Crippen LogP contribution in [0.1, 0.15) is 5.56 Å². The van der Waals surface area contributed by atoms with Gasteiger partial charge in [0.05, 0.1) is 0 Å². The molecule has 5 heteroatoms. The van der Waals surface area contributed by atoms with Gasteiger partial charge >= 0.3 is 0 Å². The van der Waals surface area contributed by atoms with Crippen molar-refractivity contribution in [3.8, 4) is 11.5 Å². The van der Waals surface area contributed by atoms with Crippen molar-refractivity contribution in [3.05, 3.63) is 22.7 Å². The van der Waals surface area contributed by atoms with E-state index in [2.05, 4.69) is 4.84 Å². The lowest BCUT2D eigenvalue weighted by Crippen LogP contribution is -2.04. The van der Waals surface area contributed by atoms with Crippen LogP contribution in [0, 0.1) is 0 Å². The van der Waals surface area contributed by atoms with Crippen molar-refractivity contribution in [1.82, 2.24) is 4.84 Å². The molecule has 0 aliphatic carbocycles. The van der Waals surface area contributed by atoms with Crippen LogP contribution >= 0.6 is 23.4 Å². The molecule has 0 aliphatic heterocycles. The summed E-state index contributed by atoms with van der Waals surface area (Å²) >= 11 is 11.1. The van der Waals surface area contributed by atoms with Crippen molar-refractivity contribution in [3.63, 3.8) is 0 Å². The minimum absolute atomic E-state index is 0.172. The van der Waals surface area contributed by atoms with Crippen LogP contribution < -0.4 is 4.84 Å². The minimum Gasteiger partial charge on any atom is -0.504 e. The number of halogens is 2. The molecule has 0 bridgehead atoms. The molecule has 13 heavy (non-hydrogen) atoms. The highest BCUT2D eigenvalue weighted by Gasteiger charge is 2.06. The highest BCUT2D eigenvalue weighted by atomic mass is 35.5. The standard InChI is InChI=1S/C8H9Cl2NO2/c9-6-4-8(13)7(12)3-5(6)1-2-11-10/h3-4,11-13H,1-2H2. The van der Waals surface area contributed by atoms with Crippen LogP contribution in [0.2, 0.25) is 5.02 Å². The summed E-state index contributed by atoms with van der Waals surface area (Å²) in [6.45, 7) is 0.547. The van der Waals surface area contributed by atoms with E-state index in [0.717, 1.165) is 5.56 Å². The molecule has 0 spiro atoms. The molecule has 1 aromatic rings. The minimum atomic E-state index is -0.215. The number of phenolic OH excluding ortho intramolecular Hbond substituents is 2. The van der Waals surface area contributed by atoms with Gasteiger partial charge in [-0.15, -0.1) is 0 Å². The Balaban J connectivity index is 2.88. The molecule has 0 unspecified atom stereocenters. The van der Waals surface area contributed by atoms with E-state index in [1.807, 2.05) is 0 Å². The first kappa shape index (κ1) is 10.4. The lowest BCUT2D eigenvalue weighted by atomic mass is 10.1. The summed E-state index contributed by atoms with van der Waals surface area (Å²) in [6, 6.07) is 2.73. The Kier molecular flexibility index (Phi) is 3.66. The van der Waals surface area contributed by atoms with Gasteiger partial charge in [0.2, 0.25) is 0 Å². The summed E-state index contributed by atoms with van der Waals surface area (Å²) in [5.74, 6) is -0.387. The lowest BCUT2D eigenvalue weighted by molar-refractivity contribution is 0.403. The van der Waals surface area contributed by atoms with Gasteiger partial charge in [0.15, 0.2) is 11.5 Å². The zero-order valence-corrected chi connectivity index (χ0v) is 8.23. The van der Waals surface area contributed by atoms with Crippen LogP contribution in [0.15, 0.2) is 12.1 Å². The Hall–Kier alpha value is -0.640. The highest BCUT2D eigenvalue weighted by molar-refractivity contribution is 6.31. The van der Waals surface area contributed by atoms with E-state index < -0.39 is 0 Å². The Morgan fingerprint density at radius 3 is 2.46 bits per heavy atom. The number of aromatic hydroxyl groups is 2. The maximum atomic E-state index is 9.16. The fraction of sp³-hybridized carbons (Fsp3) is 0.250. The van der Waals surface area contributed by atoms with Crippen LogP contribution in [-0.2, 0) is 6.42 Å². The number of nitrogens with one attached hydrogen (secondary N) is 1. The second-order valence-electron chi connectivity index (χ2n) is 2.57. The molecule has 1 rings (SSSR count). The molecular weight excluding hydrogens is 213 g/mol. The van der Waals surface area contributed by atoms with Gasteiger partial charge < -0.3 is 10.2 Å². The topological polar surface area (TPSA) is 52.5 Å². The normalized spacial score (nSPS) is 10.3. The Labute approximate surface area is 86.0 Å². The highest BCUT2D eigenvalue weighted by Crippen LogP contribution is 2.31. The zero-order chi connectivity index (χ0) is 9.84. The van der Waals surface area contributed by atoms with Gasteiger partial charge in [-0.2, -0.15) is 0 Å². The molecular formula is C8H9Cl2NO2. The summed E-state index contributed by atoms with van der Waals surface area (Å²) in [5, 5.41) is 18.7. The molecule has 0 aliphatic rings. The van der Waals surface area contributed by atoms with Crippen molar-refractivity contribution in [2.75, 3.05) is 6.54 Å². The van der Waals surface area contributed by atoms with Gasteiger partial charge in [0.25, 0.3) is 0 Å². The third-order valence-corrected chi connectivity index (χ3v) is 2.17. The predicted molar refractivity (Wildman–Crippen MR) is 52.3 cm³/mol. The molecule has 0 saturated heterocycles. The van der Waals surface area contributed by atoms with Gasteiger partial charge in [-0.25, -0.2) is 4.84 Å². The average Bonchev–Trinajstić information content (AvgIpc) is 2.09. The van der Waals surface area contributed by atoms with Crippen molar-refractivity contribution in [2.24, 2.45) is 0 Å². The molecule has 72 valence electrons. The molecule has 1 aromatic carbocycles. The predicted octanol–water partition coefficient (Wildman–Crippen LogP) is 2.04. The summed E-state index contributed by atoms with van der Waals surface area (Å²) in [7, 11) is 0. The number of rotatable bonds is 3. The van der Waals surface area contributed by atoms with E-state index in [1.54, 1.807) is 0 Å². The number of benzene rings is 1. The summed E-state index contributed by atoms with van der Waals surface area (Å²) in [5.41, 5.74) is 0.741. The van der Waals surface area contributed by atoms with Gasteiger partial charge in [-0.05, 0) is 29.8 Å². The van der Waals surface area contributed by atoms with Gasteiger partial charge in [-0.3, -0.25) is 0 Å². The van der Waals surface area contributed by atoms with E-state index in [-0.39, 0.29) is 11.5 Å². The Bertz CT molecular complexity index is 304. The van der Waals surface area contributed by atoms with Crippen molar-refractivity contribution < 1.29 is 10.2 Å². The summed E-state index contributed by atoms with van der Waals surface area (Å²) in [6.07, 6.45) is 0.593. The fourth-order valence-electron chi connectivity index (χ4n) is 0.968. The molecule has 0 saturated carbocycles. The summed E-state index contributed by atoms with van der Waals surface area (Å²) in [4.78, 5) is 2.45. The van der Waals surface area contributed by atoms with E-state index >= 15 is 0 Å². The molecule has 0 fully saturated rings. The summed E-state index contributed by atoms with van der Waals surface area (Å²) < 4.78 is 0. The van der Waals surface area contributed by atoms with Gasteiger partial charge in [-0.1, -0.05) is 11.6 Å². The molecule has 0 heterocycles. The van der Waals surface area contributed by atoms with E-state index in [1.165, 1.54) is 12.1 Å². The zero-order valence-electron chi connectivity index (χ0n) is 6.72. The second kappa shape index (κ2) is 4.56. The quantitative estimate of drug-likeness (QED) is 0.541. The largest absolute Gasteiger partial charge is 0.504 e. The third kappa shape index (κ3) is 2.66. The van der Waals surface area contributed by atoms with Gasteiger partial charge in [0, 0.05) is 17.6 Å². The molecule has 0 aromatic heterocycles. The molecule has 0 amide bonds. The third-order valence-electron chi connectivity index (χ3n) is 1.63. The molecule has 3 N–H and O–H groups in total. The van der Waals surface area contributed by atoms with Gasteiger partial charge in [0.1, 0.15) is 0 Å². The van der Waals surface area contributed by atoms with Crippen molar-refractivity contribution in [1.29, 1.82) is 0 Å². The molecule has 0 radical (unpaired) electrons. The van der Waals surface area contributed by atoms with E-state index in [4.69, 9.17) is 33.6 Å². The van der Waals surface area contributed by atoms with Crippen molar-refractivity contribution >= 4 is 23.4 Å². The Morgan fingerprint density at radius 1 is 1.23 bits per heavy atom. The Morgan fingerprint density at radius 2 is 1.85 bits per heavy atom. The lowest BCUT2D eigenvalue weighted by Gasteiger charge is -2.05. The average molecular weight is 222 g/mol. The number of hydrogen-bond donors (Lipinski definition) is 3. The molecule has 3 nitrogen and oxygen atoms in total. The maximum Gasteiger partial charge on any atom is 0.158 e. The first-order valence-electron chi connectivity index (χ1n) is 3.69. The van der Waals surface area contributed by atoms with E-state index in [9.17, 15) is 0 Å².